The summed E-state index contributed by atoms with van der Waals surface area (Å²) in [4.78, 5) is 62.7. The van der Waals surface area contributed by atoms with E-state index in [-0.39, 0.29) is 57.6 Å². The number of nitrogens with zero attached hydrogens (tertiary/aromatic N) is 2. The first kappa shape index (κ1) is 38.7. The van der Waals surface area contributed by atoms with E-state index in [0.717, 1.165) is 55.2 Å². The summed E-state index contributed by atoms with van der Waals surface area (Å²) in [5.41, 5.74) is 13.1. The molecule has 0 fully saturated rings. The second-order valence-corrected chi connectivity index (χ2v) is 22.0. The molecule has 9 rings (SSSR count). The van der Waals surface area contributed by atoms with E-state index in [1.54, 1.807) is 12.2 Å². The van der Waals surface area contributed by atoms with Gasteiger partial charge >= 0.3 is 0 Å². The van der Waals surface area contributed by atoms with Gasteiger partial charge in [0.15, 0.2) is 11.6 Å². The Morgan fingerprint density at radius 3 is 1.19 bits per heavy atom. The van der Waals surface area contributed by atoms with Gasteiger partial charge < -0.3 is 9.80 Å². The van der Waals surface area contributed by atoms with Crippen molar-refractivity contribution in [1.82, 2.24) is 0 Å². The van der Waals surface area contributed by atoms with E-state index >= 15 is 0 Å². The van der Waals surface area contributed by atoms with Gasteiger partial charge in [-0.05, 0) is 112 Å². The normalized spacial score (nSPS) is 21.6. The Morgan fingerprint density at radius 2 is 0.862 bits per heavy atom. The van der Waals surface area contributed by atoms with Crippen LogP contribution in [0.2, 0.25) is 0 Å². The number of benzene rings is 3. The summed E-state index contributed by atoms with van der Waals surface area (Å²) in [5, 5.41) is 1.52. The fourth-order valence-corrected chi connectivity index (χ4v) is 10.7. The summed E-state index contributed by atoms with van der Waals surface area (Å²) in [6, 6.07) is 13.4. The molecule has 2 unspecified atom stereocenters. The minimum atomic E-state index is -0.478. The summed E-state index contributed by atoms with van der Waals surface area (Å²) in [5.74, 6) is -0.956. The first-order valence-electron chi connectivity index (χ1n) is 21.3. The van der Waals surface area contributed by atoms with E-state index in [1.165, 1.54) is 22.3 Å². The van der Waals surface area contributed by atoms with Crippen molar-refractivity contribution in [2.24, 2.45) is 11.8 Å². The van der Waals surface area contributed by atoms with Crippen LogP contribution in [0.25, 0.3) is 23.3 Å². The van der Waals surface area contributed by atoms with Gasteiger partial charge in [-0.3, -0.25) is 19.2 Å². The molecule has 58 heavy (non-hydrogen) atoms. The van der Waals surface area contributed by atoms with Gasteiger partial charge in [-0.25, -0.2) is 0 Å². The molecule has 6 nitrogen and oxygen atoms in total. The fraction of sp³-hybridized carbons (Fsp3) is 0.462. The number of hydrogen-bond acceptors (Lipinski definition) is 6. The lowest BCUT2D eigenvalue weighted by atomic mass is 9.64. The van der Waals surface area contributed by atoms with Crippen LogP contribution >= 0.6 is 0 Å². The summed E-state index contributed by atoms with van der Waals surface area (Å²) in [6.45, 7) is 28.3. The summed E-state index contributed by atoms with van der Waals surface area (Å²) < 4.78 is 0. The number of ketones is 4. The average molecular weight is 775 g/mol. The molecule has 2 heterocycles. The van der Waals surface area contributed by atoms with Crippen LogP contribution in [0.1, 0.15) is 128 Å². The van der Waals surface area contributed by atoms with Crippen molar-refractivity contribution in [3.63, 3.8) is 0 Å². The smallest absolute Gasteiger partial charge is 0.184 e. The highest BCUT2D eigenvalue weighted by atomic mass is 16.1. The number of Topliss-reactive ketones (excluding diaryl/α,β-unsaturated/α-hetero) is 4. The molecular formula is C52H58N2O4. The van der Waals surface area contributed by atoms with Crippen LogP contribution in [-0.4, -0.2) is 49.3 Å². The highest BCUT2D eigenvalue weighted by Gasteiger charge is 2.48. The van der Waals surface area contributed by atoms with E-state index in [4.69, 9.17) is 0 Å². The number of hydrogen-bond donors (Lipinski definition) is 0. The molecule has 4 aliphatic carbocycles. The highest BCUT2D eigenvalue weighted by molar-refractivity contribution is 6.28. The standard InChI is InChI=1S/C52H58N2O4/c1-49(2,3)27-13-15-37(51(7,8)9)39(17-27)53-23-33-41(55)19-29-31-21-43(57)35-25-54(40-18-28(50(4,5)6)14-16-38(40)52(10,11)12)26-36-44(58)22-32(46(31)48(35)36)30-20-42(56)34(24-53)47(33)45(29)30/h13-19,21,34,36H,20,22-26H2,1-12H3. The van der Waals surface area contributed by atoms with Crippen molar-refractivity contribution in [2.75, 3.05) is 36.0 Å². The van der Waals surface area contributed by atoms with Crippen molar-refractivity contribution in [3.05, 3.63) is 102 Å². The molecule has 0 saturated carbocycles. The fourth-order valence-electron chi connectivity index (χ4n) is 10.7. The maximum absolute atomic E-state index is 14.6. The zero-order valence-electron chi connectivity index (χ0n) is 36.5. The minimum absolute atomic E-state index is 0.0716. The summed E-state index contributed by atoms with van der Waals surface area (Å²) in [6.07, 6.45) is 3.91. The molecule has 0 aromatic heterocycles. The number of carbonyl (C=O) groups is 4. The number of rotatable bonds is 2. The van der Waals surface area contributed by atoms with Crippen LogP contribution in [0.15, 0.2) is 47.5 Å². The molecule has 0 bridgehead atoms. The lowest BCUT2D eigenvalue weighted by Gasteiger charge is -2.45. The molecule has 0 spiro atoms. The quantitative estimate of drug-likeness (QED) is 0.267. The molecule has 300 valence electrons. The van der Waals surface area contributed by atoms with Gasteiger partial charge in [0.1, 0.15) is 11.6 Å². The predicted molar refractivity (Wildman–Crippen MR) is 235 cm³/mol. The van der Waals surface area contributed by atoms with Crippen molar-refractivity contribution < 1.29 is 19.2 Å². The Labute approximate surface area is 343 Å². The number of carbonyl (C=O) groups excluding carboxylic acids is 4. The van der Waals surface area contributed by atoms with Gasteiger partial charge in [0.25, 0.3) is 0 Å². The highest BCUT2D eigenvalue weighted by Crippen LogP contribution is 2.49. The Balaban J connectivity index is 1.20. The van der Waals surface area contributed by atoms with Crippen molar-refractivity contribution >= 4 is 57.8 Å². The Kier molecular flexibility index (Phi) is 8.23. The third-order valence-corrected chi connectivity index (χ3v) is 13.8. The second kappa shape index (κ2) is 12.3. The molecule has 3 aromatic carbocycles. The monoisotopic (exact) mass is 774 g/mol. The van der Waals surface area contributed by atoms with Crippen LogP contribution in [0.5, 0.6) is 0 Å². The number of anilines is 2. The Morgan fingerprint density at radius 1 is 0.500 bits per heavy atom. The van der Waals surface area contributed by atoms with E-state index in [0.29, 0.717) is 37.3 Å². The third kappa shape index (κ3) is 5.79. The second-order valence-electron chi connectivity index (χ2n) is 22.0. The molecule has 2 atom stereocenters. The Bertz CT molecular complexity index is 2460. The number of fused-ring (bicyclic) bond motifs is 2. The SMILES string of the molecule is CC(C)(C)c1ccc(C(C)(C)C)c(N2CC3=C4c5c(c6c7c(c5=CC3=O)=CC(=O)C3=C7C(CN(c5cc(C(C)(C)C)ccc5C(C)(C)C)C3)C(=O)C6)CC(=O)C4C2)c1. The van der Waals surface area contributed by atoms with Gasteiger partial charge in [-0.15, -0.1) is 0 Å². The molecule has 0 radical (unpaired) electrons. The molecule has 2 aliphatic heterocycles. The van der Waals surface area contributed by atoms with Gasteiger partial charge in [0, 0.05) is 61.5 Å². The zero-order valence-corrected chi connectivity index (χ0v) is 36.5. The van der Waals surface area contributed by atoms with Gasteiger partial charge in [-0.2, -0.15) is 0 Å². The van der Waals surface area contributed by atoms with Crippen molar-refractivity contribution in [1.29, 1.82) is 0 Å². The van der Waals surface area contributed by atoms with E-state index in [9.17, 15) is 19.2 Å². The van der Waals surface area contributed by atoms with Crippen LogP contribution in [0.4, 0.5) is 11.4 Å². The largest absolute Gasteiger partial charge is 0.366 e. The molecule has 6 aliphatic rings. The van der Waals surface area contributed by atoms with E-state index in [2.05, 4.69) is 129 Å². The van der Waals surface area contributed by atoms with Crippen molar-refractivity contribution in [3.8, 4) is 0 Å². The van der Waals surface area contributed by atoms with Gasteiger partial charge in [0.05, 0.1) is 11.8 Å². The van der Waals surface area contributed by atoms with E-state index < -0.39 is 11.8 Å². The molecule has 0 amide bonds. The van der Waals surface area contributed by atoms with Crippen LogP contribution in [0.3, 0.4) is 0 Å². The van der Waals surface area contributed by atoms with Gasteiger partial charge in [0.2, 0.25) is 0 Å². The maximum atomic E-state index is 14.6. The molecule has 3 aromatic rings. The first-order valence-corrected chi connectivity index (χ1v) is 21.3. The molecular weight excluding hydrogens is 717 g/mol. The Hall–Kier alpha value is -4.84. The van der Waals surface area contributed by atoms with E-state index in [1.807, 2.05) is 0 Å². The predicted octanol–water partition coefficient (Wildman–Crippen LogP) is 7.63. The summed E-state index contributed by atoms with van der Waals surface area (Å²) >= 11 is 0. The average Bonchev–Trinajstić information content (AvgIpc) is 3.13. The minimum Gasteiger partial charge on any atom is -0.366 e. The first-order chi connectivity index (χ1) is 26.9. The molecule has 6 heteroatoms. The zero-order chi connectivity index (χ0) is 41.8. The summed E-state index contributed by atoms with van der Waals surface area (Å²) in [7, 11) is 0. The lowest BCUT2D eigenvalue weighted by molar-refractivity contribution is -0.122. The lowest BCUT2D eigenvalue weighted by Crippen LogP contribution is -2.53. The van der Waals surface area contributed by atoms with Crippen LogP contribution in [-0.2, 0) is 53.7 Å². The van der Waals surface area contributed by atoms with Crippen molar-refractivity contribution in [2.45, 2.75) is 118 Å². The van der Waals surface area contributed by atoms with Crippen LogP contribution < -0.4 is 20.2 Å². The molecule has 0 N–H and O–H groups in total. The third-order valence-electron chi connectivity index (χ3n) is 13.8. The molecule has 0 saturated heterocycles. The van der Waals surface area contributed by atoms with Crippen LogP contribution in [0, 0.1) is 11.8 Å². The van der Waals surface area contributed by atoms with Gasteiger partial charge in [-0.1, -0.05) is 107 Å². The topological polar surface area (TPSA) is 74.8 Å². The maximum Gasteiger partial charge on any atom is 0.184 e.